The summed E-state index contributed by atoms with van der Waals surface area (Å²) in [5.41, 5.74) is 20.7. The summed E-state index contributed by atoms with van der Waals surface area (Å²) in [6, 6.07) is 82.8. The third-order valence-electron chi connectivity index (χ3n) is 13.3. The van der Waals surface area contributed by atoms with Crippen molar-refractivity contribution in [2.45, 2.75) is 24.7 Å². The number of benzene rings is 9. The number of hydrogen-bond acceptors (Lipinski definition) is 1. The number of fused-ring (bicyclic) bond motifs is 6. The molecule has 0 saturated carbocycles. The van der Waals surface area contributed by atoms with Crippen LogP contribution in [0.15, 0.2) is 224 Å². The molecule has 9 aromatic carbocycles. The molecular weight excluding hydrogens is 711 g/mol. The van der Waals surface area contributed by atoms with Crippen LogP contribution >= 0.6 is 0 Å². The Morgan fingerprint density at radius 2 is 0.729 bits per heavy atom. The summed E-state index contributed by atoms with van der Waals surface area (Å²) in [6.07, 6.45) is 0. The van der Waals surface area contributed by atoms with Crippen molar-refractivity contribution >= 4 is 17.1 Å². The molecule has 0 radical (unpaired) electrons. The zero-order valence-electron chi connectivity index (χ0n) is 33.3. The zero-order chi connectivity index (χ0) is 39.6. The van der Waals surface area contributed by atoms with Crippen LogP contribution in [-0.2, 0) is 10.8 Å². The van der Waals surface area contributed by atoms with Crippen molar-refractivity contribution in [1.82, 2.24) is 0 Å². The maximum atomic E-state index is 2.50. The highest BCUT2D eigenvalue weighted by molar-refractivity contribution is 5.97. The molecule has 2 aliphatic carbocycles. The first-order chi connectivity index (χ1) is 29.0. The molecule has 2 atom stereocenters. The van der Waals surface area contributed by atoms with Crippen molar-refractivity contribution in [3.05, 3.63) is 258 Å². The van der Waals surface area contributed by atoms with Crippen molar-refractivity contribution in [2.75, 3.05) is 4.90 Å². The van der Waals surface area contributed by atoms with Gasteiger partial charge in [-0.05, 0) is 117 Å². The van der Waals surface area contributed by atoms with Crippen molar-refractivity contribution in [3.63, 3.8) is 0 Å². The van der Waals surface area contributed by atoms with Crippen LogP contribution in [0.4, 0.5) is 17.1 Å². The Bertz CT molecular complexity index is 2990. The Kier molecular flexibility index (Phi) is 8.13. The Labute approximate surface area is 347 Å². The second kappa shape index (κ2) is 13.7. The first-order valence-electron chi connectivity index (χ1n) is 20.7. The Morgan fingerprint density at radius 1 is 0.305 bits per heavy atom. The normalized spacial score (nSPS) is 17.1. The summed E-state index contributed by atoms with van der Waals surface area (Å²) >= 11 is 0. The lowest BCUT2D eigenvalue weighted by Gasteiger charge is -2.32. The van der Waals surface area contributed by atoms with Crippen LogP contribution in [0.3, 0.4) is 0 Å². The van der Waals surface area contributed by atoms with Crippen LogP contribution in [0.2, 0.25) is 0 Å². The quantitative estimate of drug-likeness (QED) is 0.157. The molecule has 0 bridgehead atoms. The van der Waals surface area contributed by atoms with E-state index < -0.39 is 0 Å². The second-order valence-electron chi connectivity index (χ2n) is 16.3. The highest BCUT2D eigenvalue weighted by Gasteiger charge is 2.44. The van der Waals surface area contributed by atoms with Crippen LogP contribution < -0.4 is 4.90 Å². The summed E-state index contributed by atoms with van der Waals surface area (Å²) in [5, 5.41) is 0. The maximum absolute atomic E-state index is 2.50. The molecular formula is C58H43N. The van der Waals surface area contributed by atoms with E-state index in [0.717, 1.165) is 11.4 Å². The van der Waals surface area contributed by atoms with E-state index in [1.54, 1.807) is 0 Å². The van der Waals surface area contributed by atoms with E-state index in [9.17, 15) is 0 Å². The molecule has 0 saturated heterocycles. The lowest BCUT2D eigenvalue weighted by Crippen LogP contribution is -2.23. The molecule has 0 aromatic heterocycles. The average Bonchev–Trinajstić information content (AvgIpc) is 3.74. The van der Waals surface area contributed by atoms with Gasteiger partial charge in [-0.15, -0.1) is 0 Å². The molecule has 11 rings (SSSR count). The van der Waals surface area contributed by atoms with E-state index in [-0.39, 0.29) is 10.8 Å². The lowest BCUT2D eigenvalue weighted by atomic mass is 9.74. The third kappa shape index (κ3) is 5.39. The van der Waals surface area contributed by atoms with Crippen LogP contribution in [0.5, 0.6) is 0 Å². The van der Waals surface area contributed by atoms with Gasteiger partial charge < -0.3 is 4.90 Å². The summed E-state index contributed by atoms with van der Waals surface area (Å²) in [7, 11) is 0. The largest absolute Gasteiger partial charge is 0.310 e. The zero-order valence-corrected chi connectivity index (χ0v) is 33.3. The van der Waals surface area contributed by atoms with Crippen molar-refractivity contribution in [2.24, 2.45) is 0 Å². The number of rotatable bonds is 7. The highest BCUT2D eigenvalue weighted by atomic mass is 15.1. The predicted molar refractivity (Wildman–Crippen MR) is 247 cm³/mol. The maximum Gasteiger partial charge on any atom is 0.0543 e. The number of anilines is 3. The van der Waals surface area contributed by atoms with Gasteiger partial charge in [-0.1, -0.05) is 194 Å². The van der Waals surface area contributed by atoms with Crippen LogP contribution in [0.1, 0.15) is 47.2 Å². The molecule has 1 heteroatoms. The summed E-state index contributed by atoms with van der Waals surface area (Å²) in [6.45, 7) is 4.80. The van der Waals surface area contributed by atoms with E-state index in [1.807, 2.05) is 0 Å². The Morgan fingerprint density at radius 3 is 1.34 bits per heavy atom. The standard InChI is InChI=1S/C58H43N/c1-57(44-19-8-4-9-20-44)52-26-15-13-24-50(52)56-53(57)27-16-28-55(56)59(46-35-33-43(34-36-46)42-31-29-41(30-32-42)40-17-6-3-7-18-40)47-37-38-49-48-23-12-14-25-51(48)58(2,54(49)39-47)45-21-10-5-11-22-45/h3-39H,1-2H3. The summed E-state index contributed by atoms with van der Waals surface area (Å²) in [4.78, 5) is 2.50. The van der Waals surface area contributed by atoms with Gasteiger partial charge in [0.05, 0.1) is 5.69 Å². The second-order valence-corrected chi connectivity index (χ2v) is 16.3. The van der Waals surface area contributed by atoms with Gasteiger partial charge in [0.1, 0.15) is 0 Å². The van der Waals surface area contributed by atoms with Gasteiger partial charge in [-0.2, -0.15) is 0 Å². The van der Waals surface area contributed by atoms with Gasteiger partial charge in [0.15, 0.2) is 0 Å². The average molecular weight is 754 g/mol. The fraction of sp³-hybridized carbons (Fsp3) is 0.0690. The minimum absolute atomic E-state index is 0.309. The van der Waals surface area contributed by atoms with E-state index in [2.05, 4.69) is 243 Å². The fourth-order valence-electron chi connectivity index (χ4n) is 10.2. The molecule has 280 valence electrons. The fourth-order valence-corrected chi connectivity index (χ4v) is 10.2. The molecule has 59 heavy (non-hydrogen) atoms. The molecule has 0 spiro atoms. The molecule has 0 N–H and O–H groups in total. The number of hydrogen-bond donors (Lipinski definition) is 0. The van der Waals surface area contributed by atoms with E-state index in [1.165, 1.54) is 83.6 Å². The van der Waals surface area contributed by atoms with E-state index in [0.29, 0.717) is 0 Å². The first-order valence-corrected chi connectivity index (χ1v) is 20.7. The van der Waals surface area contributed by atoms with Gasteiger partial charge in [0, 0.05) is 27.8 Å². The molecule has 0 fully saturated rings. The van der Waals surface area contributed by atoms with Gasteiger partial charge in [0.2, 0.25) is 0 Å². The van der Waals surface area contributed by atoms with E-state index >= 15 is 0 Å². The van der Waals surface area contributed by atoms with Crippen LogP contribution in [-0.4, -0.2) is 0 Å². The summed E-state index contributed by atoms with van der Waals surface area (Å²) < 4.78 is 0. The van der Waals surface area contributed by atoms with Gasteiger partial charge >= 0.3 is 0 Å². The smallest absolute Gasteiger partial charge is 0.0543 e. The molecule has 0 amide bonds. The number of nitrogens with zero attached hydrogens (tertiary/aromatic N) is 1. The third-order valence-corrected chi connectivity index (χ3v) is 13.3. The first kappa shape index (κ1) is 35.0. The van der Waals surface area contributed by atoms with Crippen molar-refractivity contribution in [3.8, 4) is 44.5 Å². The van der Waals surface area contributed by atoms with Gasteiger partial charge in [0.25, 0.3) is 0 Å². The van der Waals surface area contributed by atoms with E-state index in [4.69, 9.17) is 0 Å². The molecule has 1 nitrogen and oxygen atoms in total. The summed E-state index contributed by atoms with van der Waals surface area (Å²) in [5.74, 6) is 0. The van der Waals surface area contributed by atoms with Gasteiger partial charge in [-0.25, -0.2) is 0 Å². The minimum atomic E-state index is -0.318. The Hall–Kier alpha value is -7.22. The topological polar surface area (TPSA) is 3.24 Å². The van der Waals surface area contributed by atoms with Gasteiger partial charge in [-0.3, -0.25) is 0 Å². The molecule has 9 aromatic rings. The Balaban J connectivity index is 1.11. The highest BCUT2D eigenvalue weighted by Crippen LogP contribution is 2.58. The van der Waals surface area contributed by atoms with Crippen LogP contribution in [0, 0.1) is 0 Å². The molecule has 0 heterocycles. The molecule has 2 unspecified atom stereocenters. The van der Waals surface area contributed by atoms with Crippen molar-refractivity contribution in [1.29, 1.82) is 0 Å². The monoisotopic (exact) mass is 753 g/mol. The van der Waals surface area contributed by atoms with Crippen molar-refractivity contribution < 1.29 is 0 Å². The lowest BCUT2D eigenvalue weighted by molar-refractivity contribution is 0.713. The van der Waals surface area contributed by atoms with Crippen LogP contribution in [0.25, 0.3) is 44.5 Å². The molecule has 2 aliphatic rings. The minimum Gasteiger partial charge on any atom is -0.310 e. The SMILES string of the molecule is CC1(c2ccccc2)c2ccccc2-c2ccc(N(c3ccc(-c4ccc(-c5ccccc5)cc4)cc3)c3cccc4c3-c3ccccc3C4(C)c3ccccc3)cc21. The predicted octanol–water partition coefficient (Wildman–Crippen LogP) is 15.2. The molecule has 0 aliphatic heterocycles.